The van der Waals surface area contributed by atoms with E-state index in [1.54, 1.807) is 6.07 Å². The van der Waals surface area contributed by atoms with Gasteiger partial charge < -0.3 is 9.84 Å². The van der Waals surface area contributed by atoms with E-state index in [4.69, 9.17) is 4.74 Å². The van der Waals surface area contributed by atoms with E-state index in [0.29, 0.717) is 16.1 Å². The highest BCUT2D eigenvalue weighted by atomic mass is 32.1. The molecule has 6 nitrogen and oxygen atoms in total. The average Bonchev–Trinajstić information content (AvgIpc) is 2.98. The summed E-state index contributed by atoms with van der Waals surface area (Å²) in [6.07, 6.45) is 0.102. The van der Waals surface area contributed by atoms with Crippen molar-refractivity contribution in [3.05, 3.63) is 58.6 Å². The van der Waals surface area contributed by atoms with Gasteiger partial charge in [-0.1, -0.05) is 44.2 Å². The Bertz CT molecular complexity index is 967. The molecule has 3 aromatic rings. The predicted octanol–water partition coefficient (Wildman–Crippen LogP) is 4.94. The van der Waals surface area contributed by atoms with Crippen LogP contribution < -0.4 is 5.32 Å². The first-order valence-corrected chi connectivity index (χ1v) is 9.39. The third-order valence-corrected chi connectivity index (χ3v) is 4.95. The zero-order valence-corrected chi connectivity index (χ0v) is 15.9. The minimum atomic E-state index is -1.11. The first-order chi connectivity index (χ1) is 12.9. The monoisotopic (exact) mass is 384 g/mol. The van der Waals surface area contributed by atoms with E-state index >= 15 is 0 Å². The van der Waals surface area contributed by atoms with Crippen LogP contribution in [0.1, 0.15) is 34.8 Å². The Morgan fingerprint density at radius 1 is 1.19 bits per heavy atom. The van der Waals surface area contributed by atoms with Gasteiger partial charge in [-0.25, -0.2) is 14.6 Å². The van der Waals surface area contributed by atoms with Gasteiger partial charge in [0.2, 0.25) is 0 Å². The van der Waals surface area contributed by atoms with Crippen LogP contribution in [0.5, 0.6) is 0 Å². The van der Waals surface area contributed by atoms with Crippen molar-refractivity contribution in [2.75, 3.05) is 5.32 Å². The Morgan fingerprint density at radius 2 is 1.93 bits per heavy atom. The molecule has 1 aromatic carbocycles. The topological polar surface area (TPSA) is 88.5 Å². The minimum absolute atomic E-state index is 0.0378. The van der Waals surface area contributed by atoms with E-state index in [-0.39, 0.29) is 17.2 Å². The average molecular weight is 384 g/mol. The van der Waals surface area contributed by atoms with Crippen LogP contribution in [0.25, 0.3) is 10.2 Å². The molecule has 1 amide bonds. The van der Waals surface area contributed by atoms with Crippen LogP contribution in [-0.2, 0) is 17.8 Å². The van der Waals surface area contributed by atoms with Gasteiger partial charge in [0.25, 0.3) is 0 Å². The molecule has 7 heteroatoms. The number of ether oxygens (including phenoxy) is 1. The fourth-order valence-corrected chi connectivity index (χ4v) is 3.67. The summed E-state index contributed by atoms with van der Waals surface area (Å²) in [5.41, 5.74) is 1.97. The Labute approximate surface area is 160 Å². The summed E-state index contributed by atoms with van der Waals surface area (Å²) < 4.78 is 5.20. The molecule has 0 aliphatic carbocycles. The van der Waals surface area contributed by atoms with Crippen molar-refractivity contribution in [3.63, 3.8) is 0 Å². The zero-order valence-electron chi connectivity index (χ0n) is 15.1. The molecular formula is C20H20N2O4S. The maximum absolute atomic E-state index is 12.2. The first kappa shape index (κ1) is 18.8. The number of benzene rings is 1. The molecule has 0 spiro atoms. The maximum atomic E-state index is 12.2. The molecule has 0 unspecified atom stereocenters. The third kappa shape index (κ3) is 4.62. The smallest absolute Gasteiger partial charge is 0.412 e. The SMILES string of the molecule is CC(C)Cc1ccc2c(NC(=O)OCc3ccccc3)c(C(=O)O)sc2n1. The Kier molecular flexibility index (Phi) is 5.71. The molecule has 140 valence electrons. The second-order valence-corrected chi connectivity index (χ2v) is 7.55. The van der Waals surface area contributed by atoms with Gasteiger partial charge in [0.05, 0.1) is 5.69 Å². The Hall–Kier alpha value is -2.93. The lowest BCUT2D eigenvalue weighted by atomic mass is 10.1. The van der Waals surface area contributed by atoms with Gasteiger partial charge in [0, 0.05) is 11.1 Å². The number of fused-ring (bicyclic) bond motifs is 1. The van der Waals surface area contributed by atoms with Crippen molar-refractivity contribution in [2.24, 2.45) is 5.92 Å². The van der Waals surface area contributed by atoms with E-state index in [1.807, 2.05) is 36.4 Å². The van der Waals surface area contributed by atoms with Crippen LogP contribution in [0.15, 0.2) is 42.5 Å². The summed E-state index contributed by atoms with van der Waals surface area (Å²) >= 11 is 1.05. The number of aromatic nitrogens is 1. The number of hydrogen-bond donors (Lipinski definition) is 2. The van der Waals surface area contributed by atoms with Gasteiger partial charge in [-0.05, 0) is 30.0 Å². The van der Waals surface area contributed by atoms with Gasteiger partial charge in [0.1, 0.15) is 16.3 Å². The first-order valence-electron chi connectivity index (χ1n) is 8.57. The zero-order chi connectivity index (χ0) is 19.4. The van der Waals surface area contributed by atoms with Crippen LogP contribution in [-0.4, -0.2) is 22.2 Å². The maximum Gasteiger partial charge on any atom is 0.412 e. The quantitative estimate of drug-likeness (QED) is 0.628. The molecule has 27 heavy (non-hydrogen) atoms. The second-order valence-electron chi connectivity index (χ2n) is 6.55. The number of carbonyl (C=O) groups is 2. The summed E-state index contributed by atoms with van der Waals surface area (Å²) in [4.78, 5) is 28.9. The molecule has 2 aromatic heterocycles. The largest absolute Gasteiger partial charge is 0.477 e. The van der Waals surface area contributed by atoms with Crippen molar-refractivity contribution in [2.45, 2.75) is 26.9 Å². The molecule has 0 fully saturated rings. The molecule has 2 heterocycles. The van der Waals surface area contributed by atoms with Crippen molar-refractivity contribution in [3.8, 4) is 0 Å². The van der Waals surface area contributed by atoms with Crippen LogP contribution in [0.4, 0.5) is 10.5 Å². The standard InChI is InChI=1S/C20H20N2O4S/c1-12(2)10-14-8-9-15-16(17(19(23)24)27-18(15)21-14)22-20(25)26-11-13-6-4-3-5-7-13/h3-9,12H,10-11H2,1-2H3,(H,22,25)(H,23,24). The number of thiophene rings is 1. The number of nitrogens with zero attached hydrogens (tertiary/aromatic N) is 1. The Balaban J connectivity index is 1.82. The molecular weight excluding hydrogens is 364 g/mol. The number of pyridine rings is 1. The summed E-state index contributed by atoms with van der Waals surface area (Å²) in [6.45, 7) is 4.30. The molecule has 3 rings (SSSR count). The third-order valence-electron chi connectivity index (χ3n) is 3.86. The lowest BCUT2D eigenvalue weighted by molar-refractivity contribution is 0.0703. The fourth-order valence-electron chi connectivity index (χ4n) is 2.68. The number of carbonyl (C=O) groups excluding carboxylic acids is 1. The van der Waals surface area contributed by atoms with E-state index in [9.17, 15) is 14.7 Å². The van der Waals surface area contributed by atoms with E-state index < -0.39 is 12.1 Å². The van der Waals surface area contributed by atoms with Crippen LogP contribution in [0, 0.1) is 5.92 Å². The van der Waals surface area contributed by atoms with Crippen molar-refractivity contribution in [1.29, 1.82) is 0 Å². The van der Waals surface area contributed by atoms with Gasteiger partial charge in [0.15, 0.2) is 0 Å². The molecule has 0 aliphatic heterocycles. The number of nitrogens with one attached hydrogen (secondary N) is 1. The minimum Gasteiger partial charge on any atom is -0.477 e. The fraction of sp³-hybridized carbons (Fsp3) is 0.250. The predicted molar refractivity (Wildman–Crippen MR) is 105 cm³/mol. The van der Waals surface area contributed by atoms with Crippen molar-refractivity contribution >= 4 is 39.3 Å². The van der Waals surface area contributed by atoms with Crippen LogP contribution in [0.2, 0.25) is 0 Å². The van der Waals surface area contributed by atoms with E-state index in [2.05, 4.69) is 24.1 Å². The molecule has 0 bridgehead atoms. The second kappa shape index (κ2) is 8.18. The summed E-state index contributed by atoms with van der Waals surface area (Å²) in [5.74, 6) is -0.666. The summed E-state index contributed by atoms with van der Waals surface area (Å²) in [7, 11) is 0. The normalized spacial score (nSPS) is 10.9. The molecule has 0 radical (unpaired) electrons. The number of rotatable bonds is 6. The molecule has 0 atom stereocenters. The van der Waals surface area contributed by atoms with Gasteiger partial charge >= 0.3 is 12.1 Å². The van der Waals surface area contributed by atoms with E-state index in [1.165, 1.54) is 0 Å². The van der Waals surface area contributed by atoms with Crippen LogP contribution >= 0.6 is 11.3 Å². The molecule has 2 N–H and O–H groups in total. The number of hydrogen-bond acceptors (Lipinski definition) is 5. The van der Waals surface area contributed by atoms with Gasteiger partial charge in [-0.2, -0.15) is 0 Å². The van der Waals surface area contributed by atoms with E-state index in [0.717, 1.165) is 29.0 Å². The lowest BCUT2D eigenvalue weighted by Gasteiger charge is -2.08. The summed E-state index contributed by atoms with van der Waals surface area (Å²) in [6, 6.07) is 12.9. The van der Waals surface area contributed by atoms with Crippen LogP contribution in [0.3, 0.4) is 0 Å². The summed E-state index contributed by atoms with van der Waals surface area (Å²) in [5, 5.41) is 12.7. The molecule has 0 aliphatic rings. The molecule has 0 saturated heterocycles. The number of anilines is 1. The highest BCUT2D eigenvalue weighted by Crippen LogP contribution is 2.35. The highest BCUT2D eigenvalue weighted by Gasteiger charge is 2.21. The van der Waals surface area contributed by atoms with Crippen molar-refractivity contribution < 1.29 is 19.4 Å². The number of amides is 1. The highest BCUT2D eigenvalue weighted by molar-refractivity contribution is 7.21. The number of aromatic carboxylic acids is 1. The number of carboxylic acids is 1. The van der Waals surface area contributed by atoms with Gasteiger partial charge in [-0.15, -0.1) is 11.3 Å². The lowest BCUT2D eigenvalue weighted by Crippen LogP contribution is -2.15. The number of carboxylic acid groups (broad SMARTS) is 1. The van der Waals surface area contributed by atoms with Gasteiger partial charge in [-0.3, -0.25) is 5.32 Å². The van der Waals surface area contributed by atoms with Crippen molar-refractivity contribution in [1.82, 2.24) is 4.98 Å². The molecule has 0 saturated carbocycles. The Morgan fingerprint density at radius 3 is 2.59 bits per heavy atom.